The summed E-state index contributed by atoms with van der Waals surface area (Å²) in [5.41, 5.74) is 9.51. The van der Waals surface area contributed by atoms with Gasteiger partial charge in [-0.25, -0.2) is 18.4 Å². The molecule has 11 heteroatoms. The lowest BCUT2D eigenvalue weighted by atomic mass is 9.98. The van der Waals surface area contributed by atoms with Crippen LogP contribution in [0.5, 0.6) is 0 Å². The number of H-pyrrole nitrogens is 1. The summed E-state index contributed by atoms with van der Waals surface area (Å²) in [4.78, 5) is 19.9. The summed E-state index contributed by atoms with van der Waals surface area (Å²) in [6, 6.07) is 10.5. The zero-order valence-electron chi connectivity index (χ0n) is 16.3. The molecule has 4 aromatic rings. The van der Waals surface area contributed by atoms with Crippen LogP contribution in [0.25, 0.3) is 22.0 Å². The summed E-state index contributed by atoms with van der Waals surface area (Å²) in [6.07, 6.45) is 4.74. The summed E-state index contributed by atoms with van der Waals surface area (Å²) >= 11 is 6.05. The predicted octanol–water partition coefficient (Wildman–Crippen LogP) is 2.73. The van der Waals surface area contributed by atoms with Crippen molar-refractivity contribution in [3.63, 3.8) is 0 Å². The number of nitrogens with two attached hydrogens (primary N) is 1. The largest absolute Gasteiger partial charge is 0.364 e. The van der Waals surface area contributed by atoms with E-state index in [1.54, 1.807) is 30.6 Å². The average Bonchev–Trinajstić information content (AvgIpc) is 3.18. The van der Waals surface area contributed by atoms with E-state index in [2.05, 4.69) is 24.9 Å². The number of aromatic nitrogens is 4. The van der Waals surface area contributed by atoms with E-state index >= 15 is 0 Å². The predicted molar refractivity (Wildman–Crippen MR) is 118 cm³/mol. The van der Waals surface area contributed by atoms with E-state index in [0.29, 0.717) is 17.7 Å². The minimum atomic E-state index is -3.52. The van der Waals surface area contributed by atoms with Crippen LogP contribution in [0.3, 0.4) is 0 Å². The molecule has 4 rings (SSSR count). The number of benzene rings is 1. The molecule has 0 unspecified atom stereocenters. The van der Waals surface area contributed by atoms with Gasteiger partial charge in [0.05, 0.1) is 23.7 Å². The van der Waals surface area contributed by atoms with E-state index in [0.717, 1.165) is 28.3 Å². The van der Waals surface area contributed by atoms with Gasteiger partial charge in [0.1, 0.15) is 5.69 Å². The van der Waals surface area contributed by atoms with Crippen LogP contribution in [0.2, 0.25) is 5.15 Å². The number of fused-ring (bicyclic) bond motifs is 1. The quantitative estimate of drug-likeness (QED) is 0.380. The zero-order valence-corrected chi connectivity index (χ0v) is 17.8. The summed E-state index contributed by atoms with van der Waals surface area (Å²) in [5, 5.41) is 8.00. The fourth-order valence-corrected chi connectivity index (χ4v) is 3.99. The van der Waals surface area contributed by atoms with E-state index in [1.807, 2.05) is 18.2 Å². The standard InChI is InChI=1S/C20H17ClN6O3S/c1-31(29,30)27-18-8-13(9-23-19(18)21)11-5-12(15-10-24-26-17(15)7-11)6-14-3-2-4-16(25-14)20(22)28/h2-5,7-10,27H,6H2,1H3,(H2,22,28)(H,24,26). The number of nitrogens with one attached hydrogen (secondary N) is 2. The highest BCUT2D eigenvalue weighted by molar-refractivity contribution is 7.92. The lowest BCUT2D eigenvalue weighted by Crippen LogP contribution is -2.13. The van der Waals surface area contributed by atoms with E-state index in [9.17, 15) is 13.2 Å². The minimum Gasteiger partial charge on any atom is -0.364 e. The Balaban J connectivity index is 1.78. The van der Waals surface area contributed by atoms with Crippen LogP contribution in [0.15, 0.2) is 48.8 Å². The normalized spacial score (nSPS) is 11.5. The number of anilines is 1. The molecule has 1 amide bonds. The van der Waals surface area contributed by atoms with Gasteiger partial charge in [0, 0.05) is 29.3 Å². The van der Waals surface area contributed by atoms with Crippen molar-refractivity contribution in [2.24, 2.45) is 5.73 Å². The lowest BCUT2D eigenvalue weighted by Gasteiger charge is -2.11. The fourth-order valence-electron chi connectivity index (χ4n) is 3.23. The third-order valence-corrected chi connectivity index (χ3v) is 5.43. The Labute approximate surface area is 182 Å². The zero-order chi connectivity index (χ0) is 22.2. The number of primary amides is 1. The van der Waals surface area contributed by atoms with Gasteiger partial charge in [-0.2, -0.15) is 5.10 Å². The van der Waals surface area contributed by atoms with Crippen molar-refractivity contribution < 1.29 is 13.2 Å². The molecular weight excluding hydrogens is 440 g/mol. The topological polar surface area (TPSA) is 144 Å². The summed E-state index contributed by atoms with van der Waals surface area (Å²) in [6.45, 7) is 0. The summed E-state index contributed by atoms with van der Waals surface area (Å²) < 4.78 is 25.6. The van der Waals surface area contributed by atoms with Crippen molar-refractivity contribution in [2.75, 3.05) is 11.0 Å². The third kappa shape index (κ3) is 4.65. The molecule has 0 bridgehead atoms. The van der Waals surface area contributed by atoms with Crippen molar-refractivity contribution in [3.8, 4) is 11.1 Å². The van der Waals surface area contributed by atoms with Crippen LogP contribution in [-0.2, 0) is 16.4 Å². The first kappa shape index (κ1) is 20.8. The number of hydrogen-bond donors (Lipinski definition) is 3. The Morgan fingerprint density at radius 2 is 2.00 bits per heavy atom. The van der Waals surface area contributed by atoms with Gasteiger partial charge in [-0.15, -0.1) is 0 Å². The molecule has 158 valence electrons. The van der Waals surface area contributed by atoms with Crippen molar-refractivity contribution in [2.45, 2.75) is 6.42 Å². The molecule has 0 atom stereocenters. The number of carbonyl (C=O) groups is 1. The second-order valence-corrected chi connectivity index (χ2v) is 9.06. The molecule has 0 saturated carbocycles. The fraction of sp³-hybridized carbons (Fsp3) is 0.100. The molecule has 0 spiro atoms. The smallest absolute Gasteiger partial charge is 0.267 e. The van der Waals surface area contributed by atoms with Crippen molar-refractivity contribution in [1.29, 1.82) is 0 Å². The Bertz CT molecular complexity index is 1420. The molecular formula is C20H17ClN6O3S. The number of nitrogens with zero attached hydrogens (tertiary/aromatic N) is 3. The number of carbonyl (C=O) groups excluding carboxylic acids is 1. The average molecular weight is 457 g/mol. The Morgan fingerprint density at radius 3 is 2.74 bits per heavy atom. The lowest BCUT2D eigenvalue weighted by molar-refractivity contribution is 0.0995. The van der Waals surface area contributed by atoms with Crippen LogP contribution in [0.1, 0.15) is 21.7 Å². The number of sulfonamides is 1. The molecule has 0 fully saturated rings. The maximum Gasteiger partial charge on any atom is 0.267 e. The van der Waals surface area contributed by atoms with E-state index in [4.69, 9.17) is 17.3 Å². The van der Waals surface area contributed by atoms with Crippen LogP contribution < -0.4 is 10.5 Å². The van der Waals surface area contributed by atoms with Gasteiger partial charge in [0.2, 0.25) is 10.0 Å². The molecule has 0 aliphatic heterocycles. The van der Waals surface area contributed by atoms with Crippen LogP contribution >= 0.6 is 11.6 Å². The molecule has 0 radical (unpaired) electrons. The molecule has 3 heterocycles. The van der Waals surface area contributed by atoms with E-state index < -0.39 is 15.9 Å². The monoisotopic (exact) mass is 456 g/mol. The Kier molecular flexibility index (Phi) is 5.34. The number of aromatic amines is 1. The summed E-state index contributed by atoms with van der Waals surface area (Å²) in [5.74, 6) is -0.595. The second kappa shape index (κ2) is 7.97. The number of rotatable bonds is 6. The van der Waals surface area contributed by atoms with Gasteiger partial charge in [0.15, 0.2) is 5.15 Å². The van der Waals surface area contributed by atoms with Crippen LogP contribution in [0, 0.1) is 0 Å². The first-order valence-corrected chi connectivity index (χ1v) is 11.3. The molecule has 31 heavy (non-hydrogen) atoms. The van der Waals surface area contributed by atoms with Gasteiger partial charge in [-0.05, 0) is 41.5 Å². The van der Waals surface area contributed by atoms with Crippen molar-refractivity contribution >= 4 is 44.1 Å². The second-order valence-electron chi connectivity index (χ2n) is 6.96. The highest BCUT2D eigenvalue weighted by atomic mass is 35.5. The molecule has 1 aromatic carbocycles. The van der Waals surface area contributed by atoms with Gasteiger partial charge in [-0.1, -0.05) is 17.7 Å². The molecule has 0 aliphatic rings. The Hall–Kier alpha value is -3.50. The highest BCUT2D eigenvalue weighted by Gasteiger charge is 2.13. The number of pyridine rings is 2. The first-order valence-electron chi connectivity index (χ1n) is 9.05. The number of amides is 1. The van der Waals surface area contributed by atoms with Crippen LogP contribution in [0.4, 0.5) is 5.69 Å². The molecule has 0 aliphatic carbocycles. The van der Waals surface area contributed by atoms with E-state index in [-0.39, 0.29) is 16.5 Å². The molecule has 3 aromatic heterocycles. The first-order chi connectivity index (χ1) is 14.7. The molecule has 4 N–H and O–H groups in total. The minimum absolute atomic E-state index is 0.0458. The van der Waals surface area contributed by atoms with Crippen molar-refractivity contribution in [1.82, 2.24) is 20.2 Å². The highest BCUT2D eigenvalue weighted by Crippen LogP contribution is 2.31. The van der Waals surface area contributed by atoms with E-state index in [1.165, 1.54) is 0 Å². The Morgan fingerprint density at radius 1 is 1.19 bits per heavy atom. The number of halogens is 1. The summed E-state index contributed by atoms with van der Waals surface area (Å²) in [7, 11) is -3.52. The third-order valence-electron chi connectivity index (χ3n) is 4.54. The van der Waals surface area contributed by atoms with Crippen LogP contribution in [-0.4, -0.2) is 40.7 Å². The van der Waals surface area contributed by atoms with Gasteiger partial charge < -0.3 is 5.73 Å². The van der Waals surface area contributed by atoms with Gasteiger partial charge in [-0.3, -0.25) is 14.6 Å². The molecule has 0 saturated heterocycles. The van der Waals surface area contributed by atoms with Gasteiger partial charge >= 0.3 is 0 Å². The van der Waals surface area contributed by atoms with Crippen molar-refractivity contribution in [3.05, 3.63) is 70.9 Å². The molecule has 9 nitrogen and oxygen atoms in total. The maximum absolute atomic E-state index is 11.6. The SMILES string of the molecule is CS(=O)(=O)Nc1cc(-c2cc(Cc3cccc(C(N)=O)n3)c3cn[nH]c3c2)cnc1Cl. The van der Waals surface area contributed by atoms with Gasteiger partial charge in [0.25, 0.3) is 5.91 Å². The number of hydrogen-bond acceptors (Lipinski definition) is 6. The maximum atomic E-state index is 11.6.